The number of amides is 1. The van der Waals surface area contributed by atoms with Crippen LogP contribution in [-0.4, -0.2) is 26.1 Å². The van der Waals surface area contributed by atoms with Crippen molar-refractivity contribution in [2.75, 3.05) is 11.9 Å². The largest absolute Gasteiger partial charge is 0.326 e. The summed E-state index contributed by atoms with van der Waals surface area (Å²) in [5.41, 5.74) is 2.19. The maximum Gasteiger partial charge on any atom is 0.228 e. The Morgan fingerprint density at radius 3 is 2.41 bits per heavy atom. The standard InChI is InChI=1S/C20H23FN2O3S/c1-13(2)27(25,26)22-12-20(3,21)17-7-4-14(5-8-17)15-6-9-18-16(10-15)11-19(24)23-18/h4-10,13,22H,11-12H2,1-3H3,(H,23,24). The van der Waals surface area contributed by atoms with Gasteiger partial charge in [0.05, 0.1) is 11.7 Å². The number of fused-ring (bicyclic) bond motifs is 1. The molecule has 0 fully saturated rings. The lowest BCUT2D eigenvalue weighted by Crippen LogP contribution is -2.39. The lowest BCUT2D eigenvalue weighted by Gasteiger charge is -2.22. The molecule has 27 heavy (non-hydrogen) atoms. The zero-order chi connectivity index (χ0) is 19.8. The Morgan fingerprint density at radius 1 is 1.15 bits per heavy atom. The summed E-state index contributed by atoms with van der Waals surface area (Å²) in [6.07, 6.45) is 0.361. The number of carbonyl (C=O) groups is 1. The molecule has 5 nitrogen and oxygen atoms in total. The van der Waals surface area contributed by atoms with E-state index in [0.29, 0.717) is 12.0 Å². The highest BCUT2D eigenvalue weighted by atomic mass is 32.2. The molecule has 3 rings (SSSR count). The predicted octanol–water partition coefficient (Wildman–Crippen LogP) is 3.36. The van der Waals surface area contributed by atoms with Crippen LogP contribution in [0.2, 0.25) is 0 Å². The first kappa shape index (κ1) is 19.5. The summed E-state index contributed by atoms with van der Waals surface area (Å²) < 4.78 is 41.0. The monoisotopic (exact) mass is 390 g/mol. The Kier molecular flexibility index (Phi) is 5.10. The highest BCUT2D eigenvalue weighted by molar-refractivity contribution is 7.90. The zero-order valence-electron chi connectivity index (χ0n) is 15.5. The van der Waals surface area contributed by atoms with Crippen molar-refractivity contribution in [3.63, 3.8) is 0 Å². The Labute approximate surface area is 159 Å². The predicted molar refractivity (Wildman–Crippen MR) is 105 cm³/mol. The van der Waals surface area contributed by atoms with Crippen molar-refractivity contribution < 1.29 is 17.6 Å². The van der Waals surface area contributed by atoms with Crippen molar-refractivity contribution in [3.8, 4) is 11.1 Å². The van der Waals surface area contributed by atoms with E-state index in [1.165, 1.54) is 6.92 Å². The normalized spacial score (nSPS) is 16.1. The second-order valence-corrected chi connectivity index (χ2v) is 9.61. The Morgan fingerprint density at radius 2 is 1.78 bits per heavy atom. The molecular weight excluding hydrogens is 367 g/mol. The van der Waals surface area contributed by atoms with Crippen molar-refractivity contribution in [1.82, 2.24) is 4.72 Å². The average Bonchev–Trinajstić information content (AvgIpc) is 2.99. The molecule has 1 aliphatic heterocycles. The number of anilines is 1. The van der Waals surface area contributed by atoms with Crippen LogP contribution in [0.25, 0.3) is 11.1 Å². The number of hydrogen-bond donors (Lipinski definition) is 2. The van der Waals surface area contributed by atoms with Crippen molar-refractivity contribution in [2.45, 2.75) is 38.1 Å². The third kappa shape index (κ3) is 4.20. The molecular formula is C20H23FN2O3S. The van der Waals surface area contributed by atoms with E-state index in [2.05, 4.69) is 10.0 Å². The molecule has 2 aromatic carbocycles. The molecule has 144 valence electrons. The number of rotatable bonds is 6. The average molecular weight is 390 g/mol. The number of halogens is 1. The number of hydrogen-bond acceptors (Lipinski definition) is 3. The quantitative estimate of drug-likeness (QED) is 0.794. The third-order valence-electron chi connectivity index (χ3n) is 4.78. The first-order chi connectivity index (χ1) is 12.6. The van der Waals surface area contributed by atoms with Crippen molar-refractivity contribution in [2.24, 2.45) is 0 Å². The van der Waals surface area contributed by atoms with Gasteiger partial charge in [-0.05, 0) is 55.2 Å². The second-order valence-electron chi connectivity index (χ2n) is 7.29. The van der Waals surface area contributed by atoms with Crippen LogP contribution in [0.4, 0.5) is 10.1 Å². The summed E-state index contributed by atoms with van der Waals surface area (Å²) in [7, 11) is -3.52. The van der Waals surface area contributed by atoms with Gasteiger partial charge in [0.25, 0.3) is 0 Å². The van der Waals surface area contributed by atoms with Gasteiger partial charge in [-0.2, -0.15) is 0 Å². The molecule has 1 atom stereocenters. The molecule has 2 aromatic rings. The molecule has 1 amide bonds. The summed E-state index contributed by atoms with van der Waals surface area (Å²) in [5.74, 6) is -0.0189. The Bertz CT molecular complexity index is 967. The van der Waals surface area contributed by atoms with E-state index in [-0.39, 0.29) is 12.5 Å². The van der Waals surface area contributed by atoms with Crippen LogP contribution in [-0.2, 0) is 26.9 Å². The summed E-state index contributed by atoms with van der Waals surface area (Å²) in [6, 6.07) is 12.7. The summed E-state index contributed by atoms with van der Waals surface area (Å²) in [6.45, 7) is 4.13. The SMILES string of the molecule is CC(C)S(=O)(=O)NCC(C)(F)c1ccc(-c2ccc3c(c2)CC(=O)N3)cc1. The van der Waals surface area contributed by atoms with Crippen LogP contribution in [0, 0.1) is 0 Å². The molecule has 2 N–H and O–H groups in total. The number of sulfonamides is 1. The van der Waals surface area contributed by atoms with E-state index in [1.54, 1.807) is 38.1 Å². The molecule has 0 bridgehead atoms. The maximum atomic E-state index is 15.0. The van der Waals surface area contributed by atoms with Gasteiger partial charge in [0.1, 0.15) is 5.67 Å². The van der Waals surface area contributed by atoms with E-state index in [9.17, 15) is 13.2 Å². The Balaban J connectivity index is 1.77. The lowest BCUT2D eigenvalue weighted by molar-refractivity contribution is -0.115. The summed E-state index contributed by atoms with van der Waals surface area (Å²) >= 11 is 0. The van der Waals surface area contributed by atoms with Crippen molar-refractivity contribution in [3.05, 3.63) is 53.6 Å². The fourth-order valence-corrected chi connectivity index (χ4v) is 3.73. The molecule has 1 aliphatic rings. The molecule has 7 heteroatoms. The molecule has 0 saturated carbocycles. The third-order valence-corrected chi connectivity index (χ3v) is 6.56. The minimum absolute atomic E-state index is 0.0189. The van der Waals surface area contributed by atoms with Gasteiger partial charge in [0.2, 0.25) is 15.9 Å². The summed E-state index contributed by atoms with van der Waals surface area (Å²) in [4.78, 5) is 11.5. The minimum atomic E-state index is -3.52. The molecule has 0 saturated heterocycles. The maximum absolute atomic E-state index is 15.0. The molecule has 0 spiro atoms. The van der Waals surface area contributed by atoms with E-state index in [1.807, 2.05) is 18.2 Å². The molecule has 1 heterocycles. The van der Waals surface area contributed by atoms with E-state index >= 15 is 4.39 Å². The number of alkyl halides is 1. The van der Waals surface area contributed by atoms with E-state index in [4.69, 9.17) is 0 Å². The number of nitrogens with one attached hydrogen (secondary N) is 2. The van der Waals surface area contributed by atoms with Crippen LogP contribution in [0.5, 0.6) is 0 Å². The fraction of sp³-hybridized carbons (Fsp3) is 0.350. The van der Waals surface area contributed by atoms with E-state index < -0.39 is 20.9 Å². The number of benzene rings is 2. The van der Waals surface area contributed by atoms with Crippen LogP contribution >= 0.6 is 0 Å². The summed E-state index contributed by atoms with van der Waals surface area (Å²) in [5, 5.41) is 2.18. The Hall–Kier alpha value is -2.25. The smallest absolute Gasteiger partial charge is 0.228 e. The van der Waals surface area contributed by atoms with Crippen LogP contribution < -0.4 is 10.0 Å². The number of carbonyl (C=O) groups excluding carboxylic acids is 1. The van der Waals surface area contributed by atoms with Crippen molar-refractivity contribution >= 4 is 21.6 Å². The molecule has 0 aliphatic carbocycles. The molecule has 1 unspecified atom stereocenters. The van der Waals surface area contributed by atoms with Gasteiger partial charge in [-0.25, -0.2) is 17.5 Å². The van der Waals surface area contributed by atoms with Gasteiger partial charge in [0, 0.05) is 12.2 Å². The van der Waals surface area contributed by atoms with Crippen molar-refractivity contribution in [1.29, 1.82) is 0 Å². The zero-order valence-corrected chi connectivity index (χ0v) is 16.4. The fourth-order valence-electron chi connectivity index (χ4n) is 2.92. The van der Waals surface area contributed by atoms with Gasteiger partial charge in [-0.15, -0.1) is 0 Å². The van der Waals surface area contributed by atoms with Crippen LogP contribution in [0.15, 0.2) is 42.5 Å². The lowest BCUT2D eigenvalue weighted by atomic mass is 9.94. The highest BCUT2D eigenvalue weighted by Gasteiger charge is 2.29. The molecule has 0 radical (unpaired) electrons. The minimum Gasteiger partial charge on any atom is -0.326 e. The van der Waals surface area contributed by atoms with Crippen LogP contribution in [0.1, 0.15) is 31.9 Å². The topological polar surface area (TPSA) is 75.3 Å². The second kappa shape index (κ2) is 7.05. The molecule has 0 aromatic heterocycles. The van der Waals surface area contributed by atoms with Crippen LogP contribution in [0.3, 0.4) is 0 Å². The highest BCUT2D eigenvalue weighted by Crippen LogP contribution is 2.31. The van der Waals surface area contributed by atoms with Gasteiger partial charge in [-0.3, -0.25) is 4.79 Å². The van der Waals surface area contributed by atoms with E-state index in [0.717, 1.165) is 22.4 Å². The van der Waals surface area contributed by atoms with Gasteiger partial charge < -0.3 is 5.32 Å². The van der Waals surface area contributed by atoms with Gasteiger partial charge >= 0.3 is 0 Å². The first-order valence-corrected chi connectivity index (χ1v) is 10.3. The first-order valence-electron chi connectivity index (χ1n) is 8.79. The van der Waals surface area contributed by atoms with Gasteiger partial charge in [0.15, 0.2) is 0 Å². The van der Waals surface area contributed by atoms with Gasteiger partial charge in [-0.1, -0.05) is 30.3 Å².